The summed E-state index contributed by atoms with van der Waals surface area (Å²) in [5, 5.41) is 17.3. The number of hydrogen-bond acceptors (Lipinski definition) is 4. The van der Waals surface area contributed by atoms with Gasteiger partial charge in [0.05, 0.1) is 12.1 Å². The van der Waals surface area contributed by atoms with E-state index in [1.807, 2.05) is 19.1 Å². The second-order valence-electron chi connectivity index (χ2n) is 7.93. The fourth-order valence-electron chi connectivity index (χ4n) is 4.10. The molecule has 0 aromatic heterocycles. The minimum Gasteiger partial charge on any atom is -0.435 e. The van der Waals surface area contributed by atoms with E-state index in [2.05, 4.69) is 25.3 Å². The van der Waals surface area contributed by atoms with E-state index in [0.717, 1.165) is 69.8 Å². The number of alkyl halides is 2. The molecule has 1 aliphatic carbocycles. The molecule has 170 valence electrons. The van der Waals surface area contributed by atoms with Crippen LogP contribution in [-0.4, -0.2) is 55.5 Å². The van der Waals surface area contributed by atoms with Crippen molar-refractivity contribution in [3.63, 3.8) is 0 Å². The maximum atomic E-state index is 12.3. The quantitative estimate of drug-likeness (QED) is 0.281. The normalized spacial score (nSPS) is 21.3. The van der Waals surface area contributed by atoms with Crippen molar-refractivity contribution in [2.45, 2.75) is 63.7 Å². The number of piperidine rings is 1. The van der Waals surface area contributed by atoms with Gasteiger partial charge in [-0.3, -0.25) is 4.99 Å². The maximum Gasteiger partial charge on any atom is 0.387 e. The molecule has 1 unspecified atom stereocenters. The zero-order valence-electron chi connectivity index (χ0n) is 17.4. The van der Waals surface area contributed by atoms with E-state index in [1.54, 1.807) is 12.1 Å². The SMILES string of the molecule is CCNC(=NCC1(O)CCCC1)NC1CCCN(c2ccc(OC(F)F)cc2)C1.I. The molecular formula is C21H33F2IN4O2. The molecule has 0 radical (unpaired) electrons. The minimum atomic E-state index is -2.81. The molecule has 2 aliphatic rings. The summed E-state index contributed by atoms with van der Waals surface area (Å²) in [7, 11) is 0. The molecule has 0 spiro atoms. The van der Waals surface area contributed by atoms with Gasteiger partial charge in [-0.25, -0.2) is 0 Å². The summed E-state index contributed by atoms with van der Waals surface area (Å²) in [6.45, 7) is 2.11. The van der Waals surface area contributed by atoms with E-state index in [0.29, 0.717) is 6.54 Å². The van der Waals surface area contributed by atoms with Crippen LogP contribution >= 0.6 is 24.0 Å². The van der Waals surface area contributed by atoms with Gasteiger partial charge in [-0.2, -0.15) is 8.78 Å². The Bertz CT molecular complexity index is 669. The predicted molar refractivity (Wildman–Crippen MR) is 126 cm³/mol. The van der Waals surface area contributed by atoms with Gasteiger partial charge in [0.2, 0.25) is 0 Å². The first-order valence-corrected chi connectivity index (χ1v) is 10.5. The monoisotopic (exact) mass is 538 g/mol. The third-order valence-corrected chi connectivity index (χ3v) is 5.60. The number of guanidine groups is 1. The van der Waals surface area contributed by atoms with E-state index < -0.39 is 12.2 Å². The average molecular weight is 538 g/mol. The van der Waals surface area contributed by atoms with Crippen LogP contribution in [0.1, 0.15) is 45.4 Å². The molecule has 3 rings (SSSR count). The average Bonchev–Trinajstić information content (AvgIpc) is 3.14. The number of anilines is 1. The maximum absolute atomic E-state index is 12.3. The Labute approximate surface area is 194 Å². The fraction of sp³-hybridized carbons (Fsp3) is 0.667. The first kappa shape index (κ1) is 24.9. The lowest BCUT2D eigenvalue weighted by atomic mass is 10.0. The Morgan fingerprint density at radius 3 is 2.60 bits per heavy atom. The van der Waals surface area contributed by atoms with Crippen molar-refractivity contribution in [3.05, 3.63) is 24.3 Å². The first-order chi connectivity index (χ1) is 14.0. The summed E-state index contributed by atoms with van der Waals surface area (Å²) in [6, 6.07) is 7.00. The van der Waals surface area contributed by atoms with E-state index in [4.69, 9.17) is 0 Å². The van der Waals surface area contributed by atoms with Gasteiger partial charge in [-0.1, -0.05) is 12.8 Å². The highest BCUT2D eigenvalue weighted by atomic mass is 127. The van der Waals surface area contributed by atoms with Crippen molar-refractivity contribution in [1.29, 1.82) is 0 Å². The number of hydrogen-bond donors (Lipinski definition) is 3. The van der Waals surface area contributed by atoms with Crippen molar-refractivity contribution in [2.75, 3.05) is 31.1 Å². The van der Waals surface area contributed by atoms with E-state index in [1.165, 1.54) is 0 Å². The lowest BCUT2D eigenvalue weighted by molar-refractivity contribution is -0.0498. The van der Waals surface area contributed by atoms with Crippen molar-refractivity contribution in [2.24, 2.45) is 4.99 Å². The van der Waals surface area contributed by atoms with Gasteiger partial charge in [0.1, 0.15) is 5.75 Å². The molecule has 0 amide bonds. The van der Waals surface area contributed by atoms with Gasteiger partial charge >= 0.3 is 6.61 Å². The van der Waals surface area contributed by atoms with E-state index in [9.17, 15) is 13.9 Å². The van der Waals surface area contributed by atoms with Gasteiger partial charge in [-0.15, -0.1) is 24.0 Å². The van der Waals surface area contributed by atoms with Gasteiger partial charge < -0.3 is 25.4 Å². The van der Waals surface area contributed by atoms with Crippen LogP contribution in [0, 0.1) is 0 Å². The molecule has 30 heavy (non-hydrogen) atoms. The molecule has 3 N–H and O–H groups in total. The Kier molecular flexibility index (Phi) is 9.86. The number of benzene rings is 1. The minimum absolute atomic E-state index is 0. The van der Waals surface area contributed by atoms with E-state index >= 15 is 0 Å². The van der Waals surface area contributed by atoms with Crippen LogP contribution in [0.25, 0.3) is 0 Å². The number of nitrogens with zero attached hydrogens (tertiary/aromatic N) is 2. The molecule has 1 atom stereocenters. The summed E-state index contributed by atoms with van der Waals surface area (Å²) < 4.78 is 29.1. The predicted octanol–water partition coefficient (Wildman–Crippen LogP) is 3.74. The molecule has 1 saturated heterocycles. The van der Waals surface area contributed by atoms with Crippen LogP contribution in [-0.2, 0) is 0 Å². The van der Waals surface area contributed by atoms with E-state index in [-0.39, 0.29) is 35.8 Å². The van der Waals surface area contributed by atoms with Crippen molar-refractivity contribution in [3.8, 4) is 5.75 Å². The first-order valence-electron chi connectivity index (χ1n) is 10.5. The van der Waals surface area contributed by atoms with Gasteiger partial charge in [0.15, 0.2) is 5.96 Å². The summed E-state index contributed by atoms with van der Waals surface area (Å²) in [4.78, 5) is 6.87. The lowest BCUT2D eigenvalue weighted by Crippen LogP contribution is -2.51. The molecular weight excluding hydrogens is 505 g/mol. The highest BCUT2D eigenvalue weighted by molar-refractivity contribution is 14.0. The summed E-state index contributed by atoms with van der Waals surface area (Å²) >= 11 is 0. The lowest BCUT2D eigenvalue weighted by Gasteiger charge is -2.35. The van der Waals surface area contributed by atoms with Crippen LogP contribution in [0.15, 0.2) is 29.3 Å². The second-order valence-corrected chi connectivity index (χ2v) is 7.93. The molecule has 9 heteroatoms. The fourth-order valence-corrected chi connectivity index (χ4v) is 4.10. The Balaban J connectivity index is 0.00000320. The summed E-state index contributed by atoms with van der Waals surface area (Å²) in [6.07, 6.45) is 5.81. The Morgan fingerprint density at radius 2 is 1.97 bits per heavy atom. The molecule has 1 saturated carbocycles. The van der Waals surface area contributed by atoms with Crippen LogP contribution in [0.5, 0.6) is 5.75 Å². The highest BCUT2D eigenvalue weighted by Crippen LogP contribution is 2.29. The Hall–Kier alpha value is -1.36. The molecule has 1 aromatic rings. The van der Waals surface area contributed by atoms with Gasteiger partial charge in [-0.05, 0) is 56.9 Å². The topological polar surface area (TPSA) is 69.1 Å². The van der Waals surface area contributed by atoms with Crippen LogP contribution in [0.2, 0.25) is 0 Å². The van der Waals surface area contributed by atoms with Crippen molar-refractivity contribution >= 4 is 35.6 Å². The third kappa shape index (κ3) is 7.40. The van der Waals surface area contributed by atoms with Crippen LogP contribution in [0.3, 0.4) is 0 Å². The molecule has 6 nitrogen and oxygen atoms in total. The molecule has 1 aromatic carbocycles. The van der Waals surface area contributed by atoms with Crippen LogP contribution < -0.4 is 20.3 Å². The zero-order chi connectivity index (χ0) is 20.7. The van der Waals surface area contributed by atoms with Gasteiger partial charge in [0.25, 0.3) is 0 Å². The number of aliphatic imine (C=N–C) groups is 1. The largest absolute Gasteiger partial charge is 0.435 e. The van der Waals surface area contributed by atoms with Gasteiger partial charge in [0, 0.05) is 31.4 Å². The standard InChI is InChI=1S/C21H32F2N4O2.HI/c1-2-24-20(25-15-21(28)11-3-4-12-21)26-16-6-5-13-27(14-16)17-7-9-18(10-8-17)29-19(22)23;/h7-10,16,19,28H,2-6,11-15H2,1H3,(H2,24,25,26);1H. The van der Waals surface area contributed by atoms with Crippen molar-refractivity contribution < 1.29 is 18.6 Å². The molecule has 0 bridgehead atoms. The smallest absolute Gasteiger partial charge is 0.387 e. The summed E-state index contributed by atoms with van der Waals surface area (Å²) in [5.41, 5.74) is 0.323. The number of nitrogens with one attached hydrogen (secondary N) is 2. The third-order valence-electron chi connectivity index (χ3n) is 5.60. The number of ether oxygens (including phenoxy) is 1. The zero-order valence-corrected chi connectivity index (χ0v) is 19.8. The second kappa shape index (κ2) is 11.9. The van der Waals surface area contributed by atoms with Crippen LogP contribution in [0.4, 0.5) is 14.5 Å². The molecule has 2 fully saturated rings. The number of aliphatic hydroxyl groups is 1. The number of rotatable bonds is 7. The number of halogens is 3. The summed E-state index contributed by atoms with van der Waals surface area (Å²) in [5.74, 6) is 0.905. The molecule has 1 heterocycles. The van der Waals surface area contributed by atoms with Crippen molar-refractivity contribution in [1.82, 2.24) is 10.6 Å². The Morgan fingerprint density at radius 1 is 1.27 bits per heavy atom. The molecule has 1 aliphatic heterocycles. The highest BCUT2D eigenvalue weighted by Gasteiger charge is 2.31.